The topological polar surface area (TPSA) is 76.7 Å². The van der Waals surface area contributed by atoms with Crippen LogP contribution in [0, 0.1) is 5.41 Å². The molecule has 0 fully saturated rings. The lowest BCUT2D eigenvalue weighted by Crippen LogP contribution is -2.35. The molecule has 80 valence electrons. The van der Waals surface area contributed by atoms with Gasteiger partial charge in [-0.1, -0.05) is 32.5 Å². The number of hydrogen-bond donors (Lipinski definition) is 2. The SMILES string of the molecule is C=C(/C=N\ON)CNC(=O)C(C)(C)C. The predicted molar refractivity (Wildman–Crippen MR) is 55.4 cm³/mol. The second-order valence-electron chi connectivity index (χ2n) is 3.93. The third kappa shape index (κ3) is 5.31. The van der Waals surface area contributed by atoms with E-state index in [9.17, 15) is 4.79 Å². The van der Waals surface area contributed by atoms with Gasteiger partial charge in [0.15, 0.2) is 0 Å². The van der Waals surface area contributed by atoms with Crippen LogP contribution in [0.3, 0.4) is 0 Å². The van der Waals surface area contributed by atoms with Crippen LogP contribution in [0.1, 0.15) is 20.8 Å². The molecule has 0 spiro atoms. The van der Waals surface area contributed by atoms with E-state index in [0.717, 1.165) is 0 Å². The van der Waals surface area contributed by atoms with Crippen molar-refractivity contribution in [1.29, 1.82) is 0 Å². The minimum atomic E-state index is -0.401. The molecule has 0 aromatic carbocycles. The number of carbonyl (C=O) groups excluding carboxylic acids is 1. The summed E-state index contributed by atoms with van der Waals surface area (Å²) in [6, 6.07) is 0. The molecule has 0 aliphatic heterocycles. The van der Waals surface area contributed by atoms with E-state index in [1.807, 2.05) is 20.8 Å². The summed E-state index contributed by atoms with van der Waals surface area (Å²) >= 11 is 0. The molecular formula is C9H17N3O2. The van der Waals surface area contributed by atoms with Crippen molar-refractivity contribution in [3.05, 3.63) is 12.2 Å². The van der Waals surface area contributed by atoms with Crippen LogP contribution in [0.5, 0.6) is 0 Å². The summed E-state index contributed by atoms with van der Waals surface area (Å²) in [6.45, 7) is 9.49. The van der Waals surface area contributed by atoms with Gasteiger partial charge in [0, 0.05) is 12.0 Å². The fraction of sp³-hybridized carbons (Fsp3) is 0.556. The Labute approximate surface area is 83.9 Å². The maximum atomic E-state index is 11.4. The van der Waals surface area contributed by atoms with Gasteiger partial charge in [-0.25, -0.2) is 0 Å². The first-order chi connectivity index (χ1) is 6.38. The van der Waals surface area contributed by atoms with Crippen molar-refractivity contribution < 1.29 is 9.73 Å². The van der Waals surface area contributed by atoms with Gasteiger partial charge in [0.25, 0.3) is 0 Å². The van der Waals surface area contributed by atoms with E-state index >= 15 is 0 Å². The first-order valence-electron chi connectivity index (χ1n) is 4.23. The van der Waals surface area contributed by atoms with Gasteiger partial charge in [-0.15, -0.1) is 5.90 Å². The van der Waals surface area contributed by atoms with Gasteiger partial charge in [-0.3, -0.25) is 4.79 Å². The van der Waals surface area contributed by atoms with Crippen LogP contribution < -0.4 is 11.2 Å². The first kappa shape index (κ1) is 12.6. The molecule has 3 N–H and O–H groups in total. The molecule has 0 aliphatic rings. The van der Waals surface area contributed by atoms with Gasteiger partial charge in [-0.2, -0.15) is 0 Å². The van der Waals surface area contributed by atoms with Crippen LogP contribution in [-0.2, 0) is 9.73 Å². The number of hydrogen-bond acceptors (Lipinski definition) is 4. The molecule has 5 heteroatoms. The van der Waals surface area contributed by atoms with E-state index in [4.69, 9.17) is 0 Å². The predicted octanol–water partition coefficient (Wildman–Crippen LogP) is 0.581. The molecule has 1 amide bonds. The molecule has 14 heavy (non-hydrogen) atoms. The molecule has 0 bridgehead atoms. The Morgan fingerprint density at radius 3 is 2.64 bits per heavy atom. The van der Waals surface area contributed by atoms with Gasteiger partial charge in [0.2, 0.25) is 5.91 Å². The number of nitrogens with one attached hydrogen (secondary N) is 1. The third-order valence-electron chi connectivity index (χ3n) is 1.45. The van der Waals surface area contributed by atoms with E-state index in [1.165, 1.54) is 6.21 Å². The first-order valence-corrected chi connectivity index (χ1v) is 4.23. The highest BCUT2D eigenvalue weighted by molar-refractivity contribution is 5.84. The Morgan fingerprint density at radius 2 is 2.21 bits per heavy atom. The highest BCUT2D eigenvalue weighted by Gasteiger charge is 2.20. The summed E-state index contributed by atoms with van der Waals surface area (Å²) in [4.78, 5) is 15.4. The molecule has 0 aromatic rings. The minimum absolute atomic E-state index is 0.0410. The fourth-order valence-electron chi connectivity index (χ4n) is 0.610. The van der Waals surface area contributed by atoms with Crippen LogP contribution >= 0.6 is 0 Å². The van der Waals surface area contributed by atoms with Gasteiger partial charge in [0.05, 0.1) is 6.21 Å². The summed E-state index contributed by atoms with van der Waals surface area (Å²) in [5.74, 6) is 4.63. The molecular weight excluding hydrogens is 182 g/mol. The largest absolute Gasteiger partial charge is 0.352 e. The van der Waals surface area contributed by atoms with Gasteiger partial charge in [0.1, 0.15) is 0 Å². The van der Waals surface area contributed by atoms with Crippen molar-refractivity contribution in [2.24, 2.45) is 16.5 Å². The molecule has 0 atom stereocenters. The highest BCUT2D eigenvalue weighted by atomic mass is 16.7. The van der Waals surface area contributed by atoms with Crippen LogP contribution in [0.2, 0.25) is 0 Å². The van der Waals surface area contributed by atoms with Crippen molar-refractivity contribution in [2.45, 2.75) is 20.8 Å². The number of amides is 1. The zero-order chi connectivity index (χ0) is 11.2. The van der Waals surface area contributed by atoms with Gasteiger partial charge < -0.3 is 10.3 Å². The normalized spacial score (nSPS) is 11.4. The standard InChI is InChI=1S/C9H17N3O2/c1-7(6-12-14-10)5-11-8(13)9(2,3)4/h6H,1,5,10H2,2-4H3,(H,11,13)/b12-6-. The molecule has 0 radical (unpaired) electrons. The number of oxime groups is 1. The highest BCUT2D eigenvalue weighted by Crippen LogP contribution is 2.12. The Hall–Kier alpha value is -1.36. The average Bonchev–Trinajstić information content (AvgIpc) is 2.09. The zero-order valence-corrected chi connectivity index (χ0v) is 8.83. The monoisotopic (exact) mass is 199 g/mol. The van der Waals surface area contributed by atoms with Gasteiger partial charge in [-0.05, 0) is 5.57 Å². The second-order valence-corrected chi connectivity index (χ2v) is 3.93. The van der Waals surface area contributed by atoms with Crippen LogP contribution in [0.4, 0.5) is 0 Å². The van der Waals surface area contributed by atoms with Crippen molar-refractivity contribution in [2.75, 3.05) is 6.54 Å². The van der Waals surface area contributed by atoms with Crippen molar-refractivity contribution in [3.63, 3.8) is 0 Å². The van der Waals surface area contributed by atoms with Gasteiger partial charge >= 0.3 is 0 Å². The summed E-state index contributed by atoms with van der Waals surface area (Å²) in [5.41, 5.74) is 0.218. The summed E-state index contributed by atoms with van der Waals surface area (Å²) in [6.07, 6.45) is 1.35. The van der Waals surface area contributed by atoms with Crippen LogP contribution in [-0.4, -0.2) is 18.7 Å². The van der Waals surface area contributed by atoms with E-state index in [2.05, 4.69) is 27.9 Å². The molecule has 0 unspecified atom stereocenters. The Morgan fingerprint density at radius 1 is 1.64 bits per heavy atom. The van der Waals surface area contributed by atoms with Crippen LogP contribution in [0.15, 0.2) is 17.3 Å². The Bertz CT molecular complexity index is 241. The lowest BCUT2D eigenvalue weighted by atomic mass is 9.96. The lowest BCUT2D eigenvalue weighted by Gasteiger charge is -2.17. The quantitative estimate of drug-likeness (QED) is 0.513. The minimum Gasteiger partial charge on any atom is -0.352 e. The molecule has 5 nitrogen and oxygen atoms in total. The lowest BCUT2D eigenvalue weighted by molar-refractivity contribution is -0.128. The summed E-state index contributed by atoms with van der Waals surface area (Å²) < 4.78 is 0. The van der Waals surface area contributed by atoms with E-state index in [0.29, 0.717) is 12.1 Å². The second kappa shape index (κ2) is 5.39. The number of rotatable bonds is 4. The molecule has 0 aliphatic carbocycles. The van der Waals surface area contributed by atoms with Crippen molar-refractivity contribution >= 4 is 12.1 Å². The van der Waals surface area contributed by atoms with Crippen LogP contribution in [0.25, 0.3) is 0 Å². The summed E-state index contributed by atoms with van der Waals surface area (Å²) in [5, 5.41) is 6.02. The van der Waals surface area contributed by atoms with Crippen molar-refractivity contribution in [3.8, 4) is 0 Å². The van der Waals surface area contributed by atoms with E-state index < -0.39 is 5.41 Å². The van der Waals surface area contributed by atoms with Crippen molar-refractivity contribution in [1.82, 2.24) is 5.32 Å². The Kier molecular flexibility index (Phi) is 4.86. The Balaban J connectivity index is 3.90. The fourth-order valence-corrected chi connectivity index (χ4v) is 0.610. The number of carbonyl (C=O) groups is 1. The molecule has 0 rings (SSSR count). The molecule has 0 heterocycles. The molecule has 0 saturated carbocycles. The molecule has 0 aromatic heterocycles. The average molecular weight is 199 g/mol. The number of nitrogens with two attached hydrogens (primary N) is 1. The smallest absolute Gasteiger partial charge is 0.225 e. The zero-order valence-electron chi connectivity index (χ0n) is 8.83. The maximum Gasteiger partial charge on any atom is 0.225 e. The third-order valence-corrected chi connectivity index (χ3v) is 1.45. The molecule has 0 saturated heterocycles. The number of nitrogens with zero attached hydrogens (tertiary/aromatic N) is 1. The summed E-state index contributed by atoms with van der Waals surface area (Å²) in [7, 11) is 0. The van der Waals surface area contributed by atoms with E-state index in [-0.39, 0.29) is 5.91 Å². The maximum absolute atomic E-state index is 11.4. The van der Waals surface area contributed by atoms with E-state index in [1.54, 1.807) is 0 Å².